The van der Waals surface area contributed by atoms with Gasteiger partial charge < -0.3 is 19.6 Å². The molecule has 0 radical (unpaired) electrons. The SMILES string of the molecule is CCNC(=NCc1ncc(C(C)(C)C)o1)NCCn1c(C)nc2ccccc21.I. The molecule has 158 valence electrons. The number of oxazole rings is 1. The Balaban J connectivity index is 0.00000300. The highest BCUT2D eigenvalue weighted by Gasteiger charge is 2.19. The lowest BCUT2D eigenvalue weighted by Crippen LogP contribution is -2.38. The summed E-state index contributed by atoms with van der Waals surface area (Å²) in [6, 6.07) is 8.20. The van der Waals surface area contributed by atoms with E-state index in [2.05, 4.69) is 57.0 Å². The largest absolute Gasteiger partial charge is 0.443 e. The number of benzene rings is 1. The molecule has 0 aliphatic heterocycles. The first kappa shape index (κ1) is 23.2. The van der Waals surface area contributed by atoms with Crippen molar-refractivity contribution in [2.45, 2.75) is 53.1 Å². The first-order chi connectivity index (χ1) is 13.4. The van der Waals surface area contributed by atoms with Gasteiger partial charge in [0, 0.05) is 25.0 Å². The minimum atomic E-state index is -0.0524. The Morgan fingerprint density at radius 2 is 1.97 bits per heavy atom. The maximum absolute atomic E-state index is 5.82. The molecule has 2 aromatic heterocycles. The van der Waals surface area contributed by atoms with Gasteiger partial charge in [0.05, 0.1) is 17.2 Å². The Morgan fingerprint density at radius 3 is 2.66 bits per heavy atom. The van der Waals surface area contributed by atoms with E-state index in [1.54, 1.807) is 6.20 Å². The molecular formula is C21H31IN6O. The van der Waals surface area contributed by atoms with E-state index in [1.807, 2.05) is 32.0 Å². The minimum Gasteiger partial charge on any atom is -0.443 e. The van der Waals surface area contributed by atoms with E-state index in [0.717, 1.165) is 48.2 Å². The van der Waals surface area contributed by atoms with E-state index in [0.29, 0.717) is 12.4 Å². The van der Waals surface area contributed by atoms with Crippen molar-refractivity contribution in [1.29, 1.82) is 0 Å². The zero-order valence-corrected chi connectivity index (χ0v) is 20.2. The lowest BCUT2D eigenvalue weighted by molar-refractivity contribution is 0.383. The highest BCUT2D eigenvalue weighted by molar-refractivity contribution is 14.0. The molecule has 0 atom stereocenters. The Hall–Kier alpha value is -2.10. The Morgan fingerprint density at radius 1 is 1.21 bits per heavy atom. The lowest BCUT2D eigenvalue weighted by Gasteiger charge is -2.13. The van der Waals surface area contributed by atoms with Crippen LogP contribution in [0.1, 0.15) is 45.2 Å². The van der Waals surface area contributed by atoms with Crippen molar-refractivity contribution < 1.29 is 4.42 Å². The van der Waals surface area contributed by atoms with Crippen molar-refractivity contribution in [3.63, 3.8) is 0 Å². The number of aryl methyl sites for hydroxylation is 1. The number of hydrogen-bond acceptors (Lipinski definition) is 4. The molecule has 3 rings (SSSR count). The molecule has 0 spiro atoms. The number of halogens is 1. The van der Waals surface area contributed by atoms with E-state index >= 15 is 0 Å². The second kappa shape index (κ2) is 10.1. The van der Waals surface area contributed by atoms with Crippen LogP contribution in [0, 0.1) is 6.92 Å². The molecule has 1 aromatic carbocycles. The van der Waals surface area contributed by atoms with Crippen LogP contribution >= 0.6 is 24.0 Å². The first-order valence-corrected chi connectivity index (χ1v) is 9.77. The smallest absolute Gasteiger partial charge is 0.216 e. The number of hydrogen-bond donors (Lipinski definition) is 2. The molecule has 0 aliphatic rings. The molecule has 0 saturated carbocycles. The van der Waals surface area contributed by atoms with Gasteiger partial charge in [0.2, 0.25) is 5.89 Å². The first-order valence-electron chi connectivity index (χ1n) is 9.77. The molecule has 0 saturated heterocycles. The number of rotatable bonds is 6. The van der Waals surface area contributed by atoms with Crippen molar-refractivity contribution in [2.75, 3.05) is 13.1 Å². The predicted octanol–water partition coefficient (Wildman–Crippen LogP) is 4.00. The maximum Gasteiger partial charge on any atom is 0.216 e. The molecule has 29 heavy (non-hydrogen) atoms. The van der Waals surface area contributed by atoms with Gasteiger partial charge in [-0.1, -0.05) is 32.9 Å². The average Bonchev–Trinajstić information content (AvgIpc) is 3.24. The topological polar surface area (TPSA) is 80.3 Å². The molecule has 8 heteroatoms. The molecule has 0 aliphatic carbocycles. The fourth-order valence-corrected chi connectivity index (χ4v) is 2.98. The molecular weight excluding hydrogens is 479 g/mol. The molecule has 2 heterocycles. The van der Waals surface area contributed by atoms with Crippen molar-refractivity contribution in [1.82, 2.24) is 25.2 Å². The molecule has 0 amide bonds. The van der Waals surface area contributed by atoms with Crippen LogP contribution in [-0.4, -0.2) is 33.6 Å². The average molecular weight is 510 g/mol. The van der Waals surface area contributed by atoms with Crippen LogP contribution in [0.15, 0.2) is 39.9 Å². The van der Waals surface area contributed by atoms with E-state index in [-0.39, 0.29) is 29.4 Å². The summed E-state index contributed by atoms with van der Waals surface area (Å²) in [6.45, 7) is 13.1. The van der Waals surface area contributed by atoms with Crippen molar-refractivity contribution >= 4 is 41.0 Å². The molecule has 2 N–H and O–H groups in total. The maximum atomic E-state index is 5.82. The Bertz CT molecular complexity index is 954. The predicted molar refractivity (Wildman–Crippen MR) is 128 cm³/mol. The summed E-state index contributed by atoms with van der Waals surface area (Å²) in [5.74, 6) is 3.26. The fraction of sp³-hybridized carbons (Fsp3) is 0.476. The van der Waals surface area contributed by atoms with Crippen LogP contribution < -0.4 is 10.6 Å². The second-order valence-corrected chi connectivity index (χ2v) is 7.79. The third-order valence-electron chi connectivity index (χ3n) is 4.48. The van der Waals surface area contributed by atoms with Crippen LogP contribution in [0.2, 0.25) is 0 Å². The highest BCUT2D eigenvalue weighted by atomic mass is 127. The number of imidazole rings is 1. The van der Waals surface area contributed by atoms with Crippen LogP contribution in [0.25, 0.3) is 11.0 Å². The van der Waals surface area contributed by atoms with Gasteiger partial charge >= 0.3 is 0 Å². The summed E-state index contributed by atoms with van der Waals surface area (Å²) in [6.07, 6.45) is 1.79. The molecule has 0 bridgehead atoms. The zero-order valence-electron chi connectivity index (χ0n) is 17.8. The van der Waals surface area contributed by atoms with Crippen LogP contribution in [0.3, 0.4) is 0 Å². The number of nitrogens with zero attached hydrogens (tertiary/aromatic N) is 4. The van der Waals surface area contributed by atoms with Gasteiger partial charge in [-0.3, -0.25) is 0 Å². The number of nitrogens with one attached hydrogen (secondary N) is 2. The van der Waals surface area contributed by atoms with E-state index in [1.165, 1.54) is 0 Å². The number of guanidine groups is 1. The van der Waals surface area contributed by atoms with E-state index in [9.17, 15) is 0 Å². The van der Waals surface area contributed by atoms with Gasteiger partial charge in [0.25, 0.3) is 0 Å². The van der Waals surface area contributed by atoms with E-state index < -0.39 is 0 Å². The summed E-state index contributed by atoms with van der Waals surface area (Å²) in [5, 5.41) is 6.65. The van der Waals surface area contributed by atoms with Crippen molar-refractivity contribution in [3.05, 3.63) is 47.9 Å². The number of aromatic nitrogens is 3. The van der Waals surface area contributed by atoms with Gasteiger partial charge in [0.15, 0.2) is 5.96 Å². The summed E-state index contributed by atoms with van der Waals surface area (Å²) < 4.78 is 8.04. The van der Waals surface area contributed by atoms with Gasteiger partial charge in [-0.15, -0.1) is 24.0 Å². The molecule has 0 fully saturated rings. The Kier molecular flexibility index (Phi) is 8.06. The molecule has 3 aromatic rings. The van der Waals surface area contributed by atoms with Crippen LogP contribution in [0.4, 0.5) is 0 Å². The number of aliphatic imine (C=N–C) groups is 1. The molecule has 7 nitrogen and oxygen atoms in total. The highest BCUT2D eigenvalue weighted by Crippen LogP contribution is 2.22. The van der Waals surface area contributed by atoms with Crippen molar-refractivity contribution in [3.8, 4) is 0 Å². The summed E-state index contributed by atoms with van der Waals surface area (Å²) in [4.78, 5) is 13.5. The number of fused-ring (bicyclic) bond motifs is 1. The fourth-order valence-electron chi connectivity index (χ4n) is 2.98. The van der Waals surface area contributed by atoms with Gasteiger partial charge in [-0.2, -0.15) is 0 Å². The Labute approximate surface area is 189 Å². The second-order valence-electron chi connectivity index (χ2n) is 7.79. The normalized spacial score (nSPS) is 12.1. The van der Waals surface area contributed by atoms with Gasteiger partial charge in [-0.25, -0.2) is 15.0 Å². The summed E-state index contributed by atoms with van der Waals surface area (Å²) in [7, 11) is 0. The molecule has 0 unspecified atom stereocenters. The van der Waals surface area contributed by atoms with E-state index in [4.69, 9.17) is 4.42 Å². The van der Waals surface area contributed by atoms with Crippen molar-refractivity contribution in [2.24, 2.45) is 4.99 Å². The monoisotopic (exact) mass is 510 g/mol. The standard InChI is InChI=1S/C21H30N6O.HI/c1-6-22-20(25-14-19-24-13-18(28-19)21(3,4)5)23-11-12-27-15(2)26-16-9-7-8-10-17(16)27;/h7-10,13H,6,11-12,14H2,1-5H3,(H2,22,23,25);1H. The van der Waals surface area contributed by atoms with Crippen LogP contribution in [0.5, 0.6) is 0 Å². The zero-order chi connectivity index (χ0) is 20.1. The number of para-hydroxylation sites is 2. The van der Waals surface area contributed by atoms with Crippen LogP contribution in [-0.2, 0) is 18.5 Å². The quantitative estimate of drug-likeness (QED) is 0.298. The third-order valence-corrected chi connectivity index (χ3v) is 4.48. The van der Waals surface area contributed by atoms with Gasteiger partial charge in [0.1, 0.15) is 18.1 Å². The summed E-state index contributed by atoms with van der Waals surface area (Å²) in [5.41, 5.74) is 2.13. The third kappa shape index (κ3) is 5.94. The minimum absolute atomic E-state index is 0. The summed E-state index contributed by atoms with van der Waals surface area (Å²) >= 11 is 0. The lowest BCUT2D eigenvalue weighted by atomic mass is 9.94. The van der Waals surface area contributed by atoms with Gasteiger partial charge in [-0.05, 0) is 26.0 Å².